The van der Waals surface area contributed by atoms with E-state index in [2.05, 4.69) is 43.4 Å². The van der Waals surface area contributed by atoms with E-state index in [1.807, 2.05) is 7.05 Å². The predicted molar refractivity (Wildman–Crippen MR) is 86.2 cm³/mol. The molecule has 0 aromatic heterocycles. The summed E-state index contributed by atoms with van der Waals surface area (Å²) in [6, 6.07) is 8.71. The average molecular weight is 275 g/mol. The molecule has 20 heavy (non-hydrogen) atoms. The molecule has 0 saturated carbocycles. The van der Waals surface area contributed by atoms with Crippen LogP contribution < -0.4 is 5.32 Å². The molecule has 1 N–H and O–H groups in total. The van der Waals surface area contributed by atoms with Gasteiger partial charge in [0.2, 0.25) is 0 Å². The summed E-state index contributed by atoms with van der Waals surface area (Å²) in [5.41, 5.74) is 2.64. The second-order valence-corrected chi connectivity index (χ2v) is 5.79. The molecular formula is C18H29NO. The van der Waals surface area contributed by atoms with Gasteiger partial charge in [-0.1, -0.05) is 57.4 Å². The fourth-order valence-electron chi connectivity index (χ4n) is 2.53. The SMILES string of the molecule is CCCCCC(C)c1ccc(C[C@H](NC)C(C)=O)cc1. The molecule has 1 aromatic rings. The molecule has 0 heterocycles. The van der Waals surface area contributed by atoms with E-state index >= 15 is 0 Å². The molecule has 1 aromatic carbocycles. The number of ketones is 1. The number of benzene rings is 1. The van der Waals surface area contributed by atoms with E-state index in [9.17, 15) is 4.79 Å². The Morgan fingerprint density at radius 3 is 2.35 bits per heavy atom. The summed E-state index contributed by atoms with van der Waals surface area (Å²) < 4.78 is 0. The molecule has 0 spiro atoms. The fourth-order valence-corrected chi connectivity index (χ4v) is 2.53. The van der Waals surface area contributed by atoms with Crippen molar-refractivity contribution in [3.63, 3.8) is 0 Å². The van der Waals surface area contributed by atoms with Crippen LogP contribution in [0.1, 0.15) is 63.5 Å². The Morgan fingerprint density at radius 2 is 1.85 bits per heavy atom. The van der Waals surface area contributed by atoms with E-state index < -0.39 is 0 Å². The quantitative estimate of drug-likeness (QED) is 0.688. The molecule has 112 valence electrons. The van der Waals surface area contributed by atoms with Gasteiger partial charge in [-0.3, -0.25) is 4.79 Å². The van der Waals surface area contributed by atoms with Crippen molar-refractivity contribution in [1.29, 1.82) is 0 Å². The number of likely N-dealkylation sites (N-methyl/N-ethyl adjacent to an activating group) is 1. The molecule has 1 rings (SSSR count). The molecule has 2 atom stereocenters. The molecule has 0 fully saturated rings. The van der Waals surface area contributed by atoms with Gasteiger partial charge in [-0.15, -0.1) is 0 Å². The maximum Gasteiger partial charge on any atom is 0.147 e. The van der Waals surface area contributed by atoms with Crippen LogP contribution in [-0.4, -0.2) is 18.9 Å². The van der Waals surface area contributed by atoms with Crippen LogP contribution in [0, 0.1) is 0 Å². The van der Waals surface area contributed by atoms with Crippen molar-refractivity contribution in [2.45, 2.75) is 64.8 Å². The zero-order valence-electron chi connectivity index (χ0n) is 13.4. The van der Waals surface area contributed by atoms with Gasteiger partial charge in [0.1, 0.15) is 5.78 Å². The molecule has 0 saturated heterocycles. The first-order valence-electron chi connectivity index (χ1n) is 7.85. The van der Waals surface area contributed by atoms with E-state index in [0.717, 1.165) is 6.42 Å². The van der Waals surface area contributed by atoms with E-state index in [1.165, 1.54) is 36.8 Å². The van der Waals surface area contributed by atoms with Crippen LogP contribution in [0.5, 0.6) is 0 Å². The number of Topliss-reactive ketones (excluding diaryl/α,β-unsaturated/α-hetero) is 1. The van der Waals surface area contributed by atoms with Crippen LogP contribution in [0.25, 0.3) is 0 Å². The zero-order chi connectivity index (χ0) is 15.0. The van der Waals surface area contributed by atoms with Gasteiger partial charge in [0.25, 0.3) is 0 Å². The Labute approximate surface area is 124 Å². The van der Waals surface area contributed by atoms with E-state index in [-0.39, 0.29) is 11.8 Å². The maximum absolute atomic E-state index is 11.4. The number of carbonyl (C=O) groups is 1. The third kappa shape index (κ3) is 5.46. The molecular weight excluding hydrogens is 246 g/mol. The first-order valence-corrected chi connectivity index (χ1v) is 7.85. The Hall–Kier alpha value is -1.15. The van der Waals surface area contributed by atoms with E-state index in [1.54, 1.807) is 6.92 Å². The molecule has 0 amide bonds. The van der Waals surface area contributed by atoms with Gasteiger partial charge in [-0.05, 0) is 43.9 Å². The highest BCUT2D eigenvalue weighted by Gasteiger charge is 2.12. The first kappa shape index (κ1) is 16.9. The van der Waals surface area contributed by atoms with Gasteiger partial charge in [-0.25, -0.2) is 0 Å². The second kappa shape index (κ2) is 8.91. The molecule has 0 aliphatic rings. The molecule has 2 nitrogen and oxygen atoms in total. The zero-order valence-corrected chi connectivity index (χ0v) is 13.4. The van der Waals surface area contributed by atoms with Crippen LogP contribution in [0.3, 0.4) is 0 Å². The van der Waals surface area contributed by atoms with Gasteiger partial charge >= 0.3 is 0 Å². The Balaban J connectivity index is 2.57. The van der Waals surface area contributed by atoms with Crippen molar-refractivity contribution in [2.24, 2.45) is 0 Å². The summed E-state index contributed by atoms with van der Waals surface area (Å²) in [5.74, 6) is 0.827. The lowest BCUT2D eigenvalue weighted by atomic mass is 9.93. The summed E-state index contributed by atoms with van der Waals surface area (Å²) in [6.07, 6.45) is 5.95. The van der Waals surface area contributed by atoms with Crippen molar-refractivity contribution in [1.82, 2.24) is 5.32 Å². The predicted octanol–water partition coefficient (Wildman–Crippen LogP) is 4.09. The summed E-state index contributed by atoms with van der Waals surface area (Å²) in [5, 5.41) is 3.07. The van der Waals surface area contributed by atoms with Gasteiger partial charge in [0, 0.05) is 0 Å². The Kier molecular flexibility index (Phi) is 7.53. The second-order valence-electron chi connectivity index (χ2n) is 5.79. The maximum atomic E-state index is 11.4. The Bertz CT molecular complexity index is 396. The summed E-state index contributed by atoms with van der Waals surface area (Å²) in [4.78, 5) is 11.4. The summed E-state index contributed by atoms with van der Waals surface area (Å²) in [6.45, 7) is 6.19. The highest BCUT2D eigenvalue weighted by molar-refractivity contribution is 5.81. The van der Waals surface area contributed by atoms with Crippen LogP contribution in [0.15, 0.2) is 24.3 Å². The molecule has 0 aliphatic carbocycles. The van der Waals surface area contributed by atoms with Crippen molar-refractivity contribution in [2.75, 3.05) is 7.05 Å². The minimum atomic E-state index is -0.0668. The average Bonchev–Trinajstić information content (AvgIpc) is 2.45. The largest absolute Gasteiger partial charge is 0.310 e. The molecule has 0 aliphatic heterocycles. The lowest BCUT2D eigenvalue weighted by Gasteiger charge is -2.15. The smallest absolute Gasteiger partial charge is 0.147 e. The van der Waals surface area contributed by atoms with Gasteiger partial charge < -0.3 is 5.32 Å². The molecule has 2 heteroatoms. The van der Waals surface area contributed by atoms with Crippen LogP contribution in [0.2, 0.25) is 0 Å². The third-order valence-corrected chi connectivity index (χ3v) is 4.07. The fraction of sp³-hybridized carbons (Fsp3) is 0.611. The van der Waals surface area contributed by atoms with Crippen molar-refractivity contribution in [3.8, 4) is 0 Å². The molecule has 1 unspecified atom stereocenters. The topological polar surface area (TPSA) is 29.1 Å². The third-order valence-electron chi connectivity index (χ3n) is 4.07. The standard InChI is InChI=1S/C18H29NO/c1-5-6-7-8-14(2)17-11-9-16(10-12-17)13-18(19-4)15(3)20/h9-12,14,18-19H,5-8,13H2,1-4H3/t14?,18-/m0/s1. The Morgan fingerprint density at radius 1 is 1.20 bits per heavy atom. The number of nitrogens with one attached hydrogen (secondary N) is 1. The van der Waals surface area contributed by atoms with E-state index in [0.29, 0.717) is 5.92 Å². The summed E-state index contributed by atoms with van der Waals surface area (Å²) >= 11 is 0. The lowest BCUT2D eigenvalue weighted by Crippen LogP contribution is -2.34. The van der Waals surface area contributed by atoms with Gasteiger partial charge in [0.05, 0.1) is 6.04 Å². The van der Waals surface area contributed by atoms with Gasteiger partial charge in [0.15, 0.2) is 0 Å². The number of hydrogen-bond donors (Lipinski definition) is 1. The van der Waals surface area contributed by atoms with Gasteiger partial charge in [-0.2, -0.15) is 0 Å². The molecule has 0 bridgehead atoms. The summed E-state index contributed by atoms with van der Waals surface area (Å²) in [7, 11) is 1.84. The van der Waals surface area contributed by atoms with Crippen molar-refractivity contribution >= 4 is 5.78 Å². The number of hydrogen-bond acceptors (Lipinski definition) is 2. The van der Waals surface area contributed by atoms with Crippen LogP contribution >= 0.6 is 0 Å². The minimum absolute atomic E-state index is 0.0668. The monoisotopic (exact) mass is 275 g/mol. The normalized spacial score (nSPS) is 14.0. The first-order chi connectivity index (χ1) is 9.58. The highest BCUT2D eigenvalue weighted by Crippen LogP contribution is 2.22. The highest BCUT2D eigenvalue weighted by atomic mass is 16.1. The molecule has 0 radical (unpaired) electrons. The number of rotatable bonds is 9. The van der Waals surface area contributed by atoms with Crippen molar-refractivity contribution < 1.29 is 4.79 Å². The van der Waals surface area contributed by atoms with E-state index in [4.69, 9.17) is 0 Å². The lowest BCUT2D eigenvalue weighted by molar-refractivity contribution is -0.118. The van der Waals surface area contributed by atoms with Crippen molar-refractivity contribution in [3.05, 3.63) is 35.4 Å². The minimum Gasteiger partial charge on any atom is -0.310 e. The van der Waals surface area contributed by atoms with Crippen LogP contribution in [0.4, 0.5) is 0 Å². The van der Waals surface area contributed by atoms with Crippen LogP contribution in [-0.2, 0) is 11.2 Å². The number of unbranched alkanes of at least 4 members (excludes halogenated alkanes) is 2. The number of carbonyl (C=O) groups excluding carboxylic acids is 1.